The van der Waals surface area contributed by atoms with Gasteiger partial charge in [-0.15, -0.1) is 10.2 Å². The number of aromatic nitrogens is 4. The number of amides is 2. The summed E-state index contributed by atoms with van der Waals surface area (Å²) in [5, 5.41) is 10.3. The van der Waals surface area contributed by atoms with Crippen molar-refractivity contribution < 1.29 is 22.8 Å². The summed E-state index contributed by atoms with van der Waals surface area (Å²) in [7, 11) is 3.26. The van der Waals surface area contributed by atoms with Crippen molar-refractivity contribution in [1.82, 2.24) is 24.6 Å². The van der Waals surface area contributed by atoms with Crippen LogP contribution in [-0.2, 0) is 11.3 Å². The van der Waals surface area contributed by atoms with Crippen LogP contribution in [0.4, 0.5) is 18.9 Å². The Morgan fingerprint density at radius 3 is 2.31 bits per heavy atom. The van der Waals surface area contributed by atoms with Crippen molar-refractivity contribution in [3.63, 3.8) is 0 Å². The highest BCUT2D eigenvalue weighted by Gasteiger charge is 2.31. The van der Waals surface area contributed by atoms with E-state index in [1.807, 2.05) is 0 Å². The molecule has 1 aromatic carbocycles. The molecule has 12 heteroatoms. The minimum absolute atomic E-state index is 0.0313. The zero-order valence-electron chi connectivity index (χ0n) is 17.1. The molecule has 0 atom stereocenters. The van der Waals surface area contributed by atoms with E-state index in [9.17, 15) is 22.8 Å². The summed E-state index contributed by atoms with van der Waals surface area (Å²) in [5.74, 6) is -0.750. The Kier molecular flexibility index (Phi) is 7.13. The molecular weight excluding hydrogens is 445 g/mol. The van der Waals surface area contributed by atoms with Crippen LogP contribution in [0.2, 0.25) is 0 Å². The summed E-state index contributed by atoms with van der Waals surface area (Å²) in [6.45, 7) is -1.29. The Morgan fingerprint density at radius 2 is 1.72 bits per heavy atom. The van der Waals surface area contributed by atoms with Crippen molar-refractivity contribution in [2.24, 2.45) is 0 Å². The topological polar surface area (TPSA) is 93.0 Å². The van der Waals surface area contributed by atoms with Crippen LogP contribution < -0.4 is 5.32 Å². The molecular formula is C20H19F3N6O2S. The zero-order valence-corrected chi connectivity index (χ0v) is 17.9. The van der Waals surface area contributed by atoms with Gasteiger partial charge in [-0.1, -0.05) is 11.8 Å². The summed E-state index contributed by atoms with van der Waals surface area (Å²) < 4.78 is 40.3. The van der Waals surface area contributed by atoms with E-state index in [-0.39, 0.29) is 22.6 Å². The Balaban J connectivity index is 1.69. The summed E-state index contributed by atoms with van der Waals surface area (Å²) in [6.07, 6.45) is -1.60. The van der Waals surface area contributed by atoms with Crippen molar-refractivity contribution in [2.45, 2.75) is 17.9 Å². The molecule has 0 saturated heterocycles. The SMILES string of the molecule is CN(C)C(=O)c1ccc(NC(=O)CSc2nnc(-c3ccncc3)n2CC(F)(F)F)cc1. The molecule has 8 nitrogen and oxygen atoms in total. The van der Waals surface area contributed by atoms with Gasteiger partial charge in [-0.05, 0) is 36.4 Å². The molecule has 0 unspecified atom stereocenters. The molecule has 0 spiro atoms. The van der Waals surface area contributed by atoms with Gasteiger partial charge >= 0.3 is 6.18 Å². The van der Waals surface area contributed by atoms with Gasteiger partial charge < -0.3 is 10.2 Å². The van der Waals surface area contributed by atoms with Crippen molar-refractivity contribution in [2.75, 3.05) is 25.2 Å². The van der Waals surface area contributed by atoms with Gasteiger partial charge in [-0.2, -0.15) is 13.2 Å². The average Bonchev–Trinajstić information content (AvgIpc) is 3.13. The Morgan fingerprint density at radius 1 is 1.06 bits per heavy atom. The van der Waals surface area contributed by atoms with E-state index in [1.54, 1.807) is 38.4 Å². The van der Waals surface area contributed by atoms with E-state index in [0.29, 0.717) is 16.8 Å². The van der Waals surface area contributed by atoms with E-state index >= 15 is 0 Å². The van der Waals surface area contributed by atoms with Gasteiger partial charge in [0.2, 0.25) is 5.91 Å². The molecule has 0 aliphatic heterocycles. The van der Waals surface area contributed by atoms with Crippen molar-refractivity contribution in [1.29, 1.82) is 0 Å². The molecule has 168 valence electrons. The van der Waals surface area contributed by atoms with E-state index < -0.39 is 18.6 Å². The third-order valence-electron chi connectivity index (χ3n) is 4.15. The summed E-state index contributed by atoms with van der Waals surface area (Å²) in [4.78, 5) is 29.5. The molecule has 2 amide bonds. The number of nitrogens with zero attached hydrogens (tertiary/aromatic N) is 5. The fourth-order valence-corrected chi connectivity index (χ4v) is 3.45. The molecule has 0 aliphatic rings. The minimum atomic E-state index is -4.49. The number of hydrogen-bond donors (Lipinski definition) is 1. The number of anilines is 1. The van der Waals surface area contributed by atoms with Crippen LogP contribution >= 0.6 is 11.8 Å². The lowest BCUT2D eigenvalue weighted by Gasteiger charge is -2.13. The maximum atomic E-state index is 13.1. The molecule has 0 aliphatic carbocycles. The van der Waals surface area contributed by atoms with Crippen molar-refractivity contribution >= 4 is 29.3 Å². The number of alkyl halides is 3. The third-order valence-corrected chi connectivity index (χ3v) is 5.11. The molecule has 2 heterocycles. The molecule has 0 saturated carbocycles. The van der Waals surface area contributed by atoms with Gasteiger partial charge in [-0.25, -0.2) is 0 Å². The number of halogens is 3. The van der Waals surface area contributed by atoms with Crippen LogP contribution in [0.3, 0.4) is 0 Å². The largest absolute Gasteiger partial charge is 0.406 e. The predicted octanol–water partition coefficient (Wildman–Crippen LogP) is 3.34. The standard InChI is InChI=1S/C20H19F3N6O2S/c1-28(2)18(31)14-3-5-15(6-4-14)25-16(30)11-32-19-27-26-17(13-7-9-24-10-8-13)29(19)12-20(21,22)23/h3-10H,11-12H2,1-2H3,(H,25,30). The second-order valence-electron chi connectivity index (χ2n) is 6.86. The molecule has 0 fully saturated rings. The minimum Gasteiger partial charge on any atom is -0.345 e. The molecule has 3 rings (SSSR count). The van der Waals surface area contributed by atoms with Crippen LogP contribution in [0, 0.1) is 0 Å². The van der Waals surface area contributed by atoms with E-state index in [2.05, 4.69) is 20.5 Å². The molecule has 0 radical (unpaired) electrons. The Labute approximate surface area is 185 Å². The monoisotopic (exact) mass is 464 g/mol. The van der Waals surface area contributed by atoms with Gasteiger partial charge in [0.15, 0.2) is 11.0 Å². The normalized spacial score (nSPS) is 11.3. The number of carbonyl (C=O) groups excluding carboxylic acids is 2. The van der Waals surface area contributed by atoms with Gasteiger partial charge in [0.05, 0.1) is 5.75 Å². The first-order valence-electron chi connectivity index (χ1n) is 9.29. The highest BCUT2D eigenvalue weighted by Crippen LogP contribution is 2.28. The van der Waals surface area contributed by atoms with Gasteiger partial charge in [0, 0.05) is 43.3 Å². The second-order valence-corrected chi connectivity index (χ2v) is 7.80. The van der Waals surface area contributed by atoms with Crippen molar-refractivity contribution in [3.8, 4) is 11.4 Å². The summed E-state index contributed by atoms with van der Waals surface area (Å²) >= 11 is 0.843. The van der Waals surface area contributed by atoms with E-state index in [1.165, 1.54) is 29.4 Å². The van der Waals surface area contributed by atoms with Crippen LogP contribution in [0.25, 0.3) is 11.4 Å². The first-order chi connectivity index (χ1) is 15.1. The molecule has 32 heavy (non-hydrogen) atoms. The van der Waals surface area contributed by atoms with E-state index in [4.69, 9.17) is 0 Å². The molecule has 1 N–H and O–H groups in total. The molecule has 2 aromatic heterocycles. The number of benzene rings is 1. The quantitative estimate of drug-likeness (QED) is 0.539. The molecule has 0 bridgehead atoms. The molecule has 3 aromatic rings. The van der Waals surface area contributed by atoms with Crippen LogP contribution in [-0.4, -0.2) is 62.5 Å². The number of thioether (sulfide) groups is 1. The number of pyridine rings is 1. The van der Waals surface area contributed by atoms with E-state index in [0.717, 1.165) is 16.3 Å². The van der Waals surface area contributed by atoms with Gasteiger partial charge in [0.25, 0.3) is 5.91 Å². The van der Waals surface area contributed by atoms with Gasteiger partial charge in [0.1, 0.15) is 6.54 Å². The van der Waals surface area contributed by atoms with Crippen molar-refractivity contribution in [3.05, 3.63) is 54.4 Å². The lowest BCUT2D eigenvalue weighted by atomic mass is 10.2. The number of carbonyl (C=O) groups is 2. The maximum absolute atomic E-state index is 13.1. The summed E-state index contributed by atoms with van der Waals surface area (Å²) in [6, 6.07) is 9.36. The highest BCUT2D eigenvalue weighted by molar-refractivity contribution is 7.99. The third kappa shape index (κ3) is 6.06. The lowest BCUT2D eigenvalue weighted by molar-refractivity contribution is -0.141. The Hall–Kier alpha value is -3.41. The predicted molar refractivity (Wildman–Crippen MR) is 113 cm³/mol. The first-order valence-corrected chi connectivity index (χ1v) is 10.3. The first kappa shape index (κ1) is 23.3. The smallest absolute Gasteiger partial charge is 0.345 e. The summed E-state index contributed by atoms with van der Waals surface area (Å²) in [5.41, 5.74) is 1.35. The fourth-order valence-electron chi connectivity index (χ4n) is 2.71. The zero-order chi connectivity index (χ0) is 23.3. The Bertz CT molecular complexity index is 1080. The van der Waals surface area contributed by atoms with Gasteiger partial charge in [-0.3, -0.25) is 19.1 Å². The lowest BCUT2D eigenvalue weighted by Crippen LogP contribution is -2.21. The number of nitrogens with one attached hydrogen (secondary N) is 1. The highest BCUT2D eigenvalue weighted by atomic mass is 32.2. The maximum Gasteiger partial charge on any atom is 0.406 e. The number of rotatable bonds is 7. The second kappa shape index (κ2) is 9.81. The van der Waals surface area contributed by atoms with Crippen LogP contribution in [0.1, 0.15) is 10.4 Å². The number of hydrogen-bond acceptors (Lipinski definition) is 6. The van der Waals surface area contributed by atoms with Crippen LogP contribution in [0.5, 0.6) is 0 Å². The average molecular weight is 464 g/mol. The van der Waals surface area contributed by atoms with Crippen LogP contribution in [0.15, 0.2) is 53.9 Å². The fraction of sp³-hybridized carbons (Fsp3) is 0.250.